The summed E-state index contributed by atoms with van der Waals surface area (Å²) in [5, 5.41) is 9.18. The van der Waals surface area contributed by atoms with E-state index >= 15 is 0 Å². The molecule has 20 heavy (non-hydrogen) atoms. The highest BCUT2D eigenvalue weighted by atomic mass is 16.5. The number of para-hydroxylation sites is 1. The van der Waals surface area contributed by atoms with Gasteiger partial charge in [0, 0.05) is 7.11 Å². The van der Waals surface area contributed by atoms with E-state index in [4.69, 9.17) is 9.47 Å². The SMILES string of the molecule is COCCOCCn1c(=O)[nH]c2cccc(C(=O)O)c21. The lowest BCUT2D eigenvalue weighted by Gasteiger charge is -2.06. The van der Waals surface area contributed by atoms with Gasteiger partial charge in [0.1, 0.15) is 0 Å². The Balaban J connectivity index is 2.26. The van der Waals surface area contributed by atoms with Crippen molar-refractivity contribution in [2.24, 2.45) is 0 Å². The number of methoxy groups -OCH3 is 1. The van der Waals surface area contributed by atoms with Crippen molar-refractivity contribution >= 4 is 17.0 Å². The number of nitrogens with one attached hydrogen (secondary N) is 1. The van der Waals surface area contributed by atoms with Crippen LogP contribution >= 0.6 is 0 Å². The lowest BCUT2D eigenvalue weighted by atomic mass is 10.2. The van der Waals surface area contributed by atoms with Gasteiger partial charge in [0.2, 0.25) is 0 Å². The van der Waals surface area contributed by atoms with E-state index in [1.54, 1.807) is 19.2 Å². The van der Waals surface area contributed by atoms with Crippen molar-refractivity contribution in [3.63, 3.8) is 0 Å². The number of fused-ring (bicyclic) bond motifs is 1. The topological polar surface area (TPSA) is 93.5 Å². The van der Waals surface area contributed by atoms with E-state index in [1.807, 2.05) is 0 Å². The monoisotopic (exact) mass is 280 g/mol. The molecule has 2 rings (SSSR count). The summed E-state index contributed by atoms with van der Waals surface area (Å²) >= 11 is 0. The molecule has 0 aliphatic heterocycles. The maximum Gasteiger partial charge on any atom is 0.337 e. The number of H-pyrrole nitrogens is 1. The second-order valence-corrected chi connectivity index (χ2v) is 4.19. The van der Waals surface area contributed by atoms with E-state index in [0.717, 1.165) is 0 Å². The molecular weight excluding hydrogens is 264 g/mol. The van der Waals surface area contributed by atoms with E-state index < -0.39 is 5.97 Å². The molecule has 0 aliphatic carbocycles. The van der Waals surface area contributed by atoms with Crippen LogP contribution in [-0.2, 0) is 16.0 Å². The number of imidazole rings is 1. The molecule has 1 aromatic carbocycles. The van der Waals surface area contributed by atoms with Gasteiger partial charge in [-0.1, -0.05) is 6.07 Å². The molecule has 0 saturated carbocycles. The molecule has 0 radical (unpaired) electrons. The van der Waals surface area contributed by atoms with Gasteiger partial charge >= 0.3 is 11.7 Å². The van der Waals surface area contributed by atoms with Crippen LogP contribution in [-0.4, -0.2) is 47.6 Å². The average molecular weight is 280 g/mol. The summed E-state index contributed by atoms with van der Waals surface area (Å²) in [7, 11) is 1.58. The van der Waals surface area contributed by atoms with Gasteiger partial charge in [0.25, 0.3) is 0 Å². The normalized spacial score (nSPS) is 11.1. The molecule has 2 N–H and O–H groups in total. The third kappa shape index (κ3) is 2.89. The van der Waals surface area contributed by atoms with Crippen LogP contribution in [0.1, 0.15) is 10.4 Å². The predicted molar refractivity (Wildman–Crippen MR) is 72.2 cm³/mol. The number of hydrogen-bond acceptors (Lipinski definition) is 4. The van der Waals surface area contributed by atoms with Crippen LogP contribution in [0.3, 0.4) is 0 Å². The highest BCUT2D eigenvalue weighted by Crippen LogP contribution is 2.15. The van der Waals surface area contributed by atoms with Gasteiger partial charge in [-0.25, -0.2) is 9.59 Å². The smallest absolute Gasteiger partial charge is 0.337 e. The lowest BCUT2D eigenvalue weighted by Crippen LogP contribution is -2.21. The molecule has 1 aromatic heterocycles. The molecular formula is C13H16N2O5. The Hall–Kier alpha value is -2.12. The Morgan fingerprint density at radius 3 is 2.85 bits per heavy atom. The largest absolute Gasteiger partial charge is 0.478 e. The van der Waals surface area contributed by atoms with E-state index in [0.29, 0.717) is 30.9 Å². The molecule has 7 heteroatoms. The number of carboxylic acids is 1. The summed E-state index contributed by atoms with van der Waals surface area (Å²) in [5.41, 5.74) is 0.647. The first-order valence-corrected chi connectivity index (χ1v) is 6.16. The molecule has 2 aromatic rings. The summed E-state index contributed by atoms with van der Waals surface area (Å²) in [5.74, 6) is -1.07. The fourth-order valence-corrected chi connectivity index (χ4v) is 2.01. The zero-order chi connectivity index (χ0) is 14.5. The molecule has 0 fully saturated rings. The first-order valence-electron chi connectivity index (χ1n) is 6.16. The number of carbonyl (C=O) groups is 1. The van der Waals surface area contributed by atoms with Crippen LogP contribution in [0, 0.1) is 0 Å². The fourth-order valence-electron chi connectivity index (χ4n) is 2.01. The zero-order valence-corrected chi connectivity index (χ0v) is 11.1. The van der Waals surface area contributed by atoms with Crippen molar-refractivity contribution in [1.82, 2.24) is 9.55 Å². The minimum Gasteiger partial charge on any atom is -0.478 e. The molecule has 0 aliphatic rings. The number of aromatic amines is 1. The van der Waals surface area contributed by atoms with Crippen LogP contribution in [0.15, 0.2) is 23.0 Å². The van der Waals surface area contributed by atoms with Crippen molar-refractivity contribution < 1.29 is 19.4 Å². The number of hydrogen-bond donors (Lipinski definition) is 2. The minimum absolute atomic E-state index is 0.0951. The number of rotatable bonds is 7. The van der Waals surface area contributed by atoms with Crippen LogP contribution in [0.5, 0.6) is 0 Å². The lowest BCUT2D eigenvalue weighted by molar-refractivity contribution is 0.0663. The number of aromatic carboxylic acids is 1. The quantitative estimate of drug-likeness (QED) is 0.728. The molecule has 1 heterocycles. The number of ether oxygens (including phenoxy) is 2. The van der Waals surface area contributed by atoms with Crippen molar-refractivity contribution in [3.8, 4) is 0 Å². The number of aromatic nitrogens is 2. The Bertz CT molecular complexity index is 658. The third-order valence-corrected chi connectivity index (χ3v) is 2.91. The molecule has 108 valence electrons. The van der Waals surface area contributed by atoms with Crippen molar-refractivity contribution in [2.45, 2.75) is 6.54 Å². The van der Waals surface area contributed by atoms with Gasteiger partial charge in [-0.15, -0.1) is 0 Å². The van der Waals surface area contributed by atoms with Crippen LogP contribution in [0.2, 0.25) is 0 Å². The maximum absolute atomic E-state index is 11.9. The van der Waals surface area contributed by atoms with Crippen LogP contribution in [0.4, 0.5) is 0 Å². The second-order valence-electron chi connectivity index (χ2n) is 4.19. The standard InChI is InChI=1S/C13H16N2O5/c1-19-7-8-20-6-5-15-11-9(12(16)17)3-2-4-10(11)14-13(15)18/h2-4H,5-8H2,1H3,(H,14,18)(H,16,17). The first-order chi connectivity index (χ1) is 9.65. The van der Waals surface area contributed by atoms with E-state index in [2.05, 4.69) is 4.98 Å². The van der Waals surface area contributed by atoms with Crippen LogP contribution in [0.25, 0.3) is 11.0 Å². The van der Waals surface area contributed by atoms with E-state index in [9.17, 15) is 14.7 Å². The summed E-state index contributed by atoms with van der Waals surface area (Å²) in [4.78, 5) is 25.7. The van der Waals surface area contributed by atoms with Gasteiger partial charge < -0.3 is 19.6 Å². The molecule has 0 spiro atoms. The number of carboxylic acid groups (broad SMARTS) is 1. The summed E-state index contributed by atoms with van der Waals surface area (Å²) in [6.07, 6.45) is 0. The average Bonchev–Trinajstić information content (AvgIpc) is 2.74. The Morgan fingerprint density at radius 2 is 2.15 bits per heavy atom. The minimum atomic E-state index is -1.07. The highest BCUT2D eigenvalue weighted by molar-refractivity contribution is 6.01. The van der Waals surface area contributed by atoms with Gasteiger partial charge in [0.15, 0.2) is 0 Å². The summed E-state index contributed by atoms with van der Waals surface area (Å²) in [6, 6.07) is 4.74. The Labute approximate surface area is 114 Å². The van der Waals surface area contributed by atoms with Crippen LogP contribution < -0.4 is 5.69 Å². The third-order valence-electron chi connectivity index (χ3n) is 2.91. The summed E-state index contributed by atoms with van der Waals surface area (Å²) in [6.45, 7) is 1.50. The zero-order valence-electron chi connectivity index (χ0n) is 11.1. The Kier molecular flexibility index (Phi) is 4.54. The van der Waals surface area contributed by atoms with Gasteiger partial charge in [-0.05, 0) is 12.1 Å². The summed E-state index contributed by atoms with van der Waals surface area (Å²) < 4.78 is 11.5. The van der Waals surface area contributed by atoms with E-state index in [-0.39, 0.29) is 17.8 Å². The van der Waals surface area contributed by atoms with Crippen molar-refractivity contribution in [1.29, 1.82) is 0 Å². The molecule has 0 bridgehead atoms. The number of benzene rings is 1. The highest BCUT2D eigenvalue weighted by Gasteiger charge is 2.15. The molecule has 0 atom stereocenters. The van der Waals surface area contributed by atoms with Crippen molar-refractivity contribution in [2.75, 3.05) is 26.9 Å². The van der Waals surface area contributed by atoms with Gasteiger partial charge in [-0.3, -0.25) is 4.57 Å². The molecule has 0 saturated heterocycles. The van der Waals surface area contributed by atoms with Gasteiger partial charge in [0.05, 0.1) is 43.0 Å². The second kappa shape index (κ2) is 6.36. The molecule has 0 amide bonds. The first kappa shape index (κ1) is 14.3. The molecule has 0 unspecified atom stereocenters. The Morgan fingerprint density at radius 1 is 1.35 bits per heavy atom. The number of nitrogens with zero attached hydrogens (tertiary/aromatic N) is 1. The molecule has 7 nitrogen and oxygen atoms in total. The maximum atomic E-state index is 11.9. The van der Waals surface area contributed by atoms with Crippen molar-refractivity contribution in [3.05, 3.63) is 34.2 Å². The fraction of sp³-hybridized carbons (Fsp3) is 0.385. The van der Waals surface area contributed by atoms with E-state index in [1.165, 1.54) is 10.6 Å². The predicted octanol–water partition coefficient (Wildman–Crippen LogP) is 0.691. The van der Waals surface area contributed by atoms with Gasteiger partial charge in [-0.2, -0.15) is 0 Å².